The molecule has 0 aromatic heterocycles. The molecule has 7 heteroatoms. The molecule has 1 aromatic carbocycles. The first-order valence-corrected chi connectivity index (χ1v) is 6.97. The molecule has 1 aliphatic heterocycles. The van der Waals surface area contributed by atoms with Crippen molar-refractivity contribution in [1.82, 2.24) is 9.80 Å². The van der Waals surface area contributed by atoms with Crippen LogP contribution in [0.2, 0.25) is 5.02 Å². The molecule has 120 valence electrons. The molecule has 21 heavy (non-hydrogen) atoms. The zero-order chi connectivity index (χ0) is 13.8. The van der Waals surface area contributed by atoms with Crippen molar-refractivity contribution in [3.63, 3.8) is 0 Å². The number of benzene rings is 1. The van der Waals surface area contributed by atoms with Crippen molar-refractivity contribution in [2.45, 2.75) is 13.0 Å². The van der Waals surface area contributed by atoms with Gasteiger partial charge in [0, 0.05) is 37.2 Å². The third-order valence-electron chi connectivity index (χ3n) is 3.74. The lowest BCUT2D eigenvalue weighted by atomic mass is 10.1. The Labute approximate surface area is 143 Å². The van der Waals surface area contributed by atoms with E-state index >= 15 is 0 Å². The van der Waals surface area contributed by atoms with Gasteiger partial charge >= 0.3 is 0 Å². The Balaban J connectivity index is 0.00000200. The van der Waals surface area contributed by atoms with Crippen LogP contribution in [0.4, 0.5) is 0 Å². The standard InChI is InChI=1S/C14H20ClN3O.2ClH/c1-11(12-4-2-3-5-13(12)15)17-6-8-18(9-7-17)14(19)10-16;;/h2-5,11H,6-10,16H2,1H3;2*1H. The molecule has 1 amide bonds. The molecular weight excluding hydrogens is 333 g/mol. The molecule has 0 spiro atoms. The van der Waals surface area contributed by atoms with E-state index in [9.17, 15) is 4.79 Å². The van der Waals surface area contributed by atoms with Crippen LogP contribution in [0.25, 0.3) is 0 Å². The summed E-state index contributed by atoms with van der Waals surface area (Å²) in [7, 11) is 0. The molecule has 1 unspecified atom stereocenters. The van der Waals surface area contributed by atoms with E-state index in [1.54, 1.807) is 0 Å². The number of halogens is 3. The van der Waals surface area contributed by atoms with Gasteiger partial charge in [0.15, 0.2) is 0 Å². The maximum Gasteiger partial charge on any atom is 0.236 e. The quantitative estimate of drug-likeness (QED) is 0.906. The number of carbonyl (C=O) groups excluding carboxylic acids is 1. The minimum atomic E-state index is 0. The summed E-state index contributed by atoms with van der Waals surface area (Å²) in [6, 6.07) is 8.19. The van der Waals surface area contributed by atoms with E-state index in [1.807, 2.05) is 23.1 Å². The molecule has 0 bridgehead atoms. The van der Waals surface area contributed by atoms with Gasteiger partial charge in [-0.2, -0.15) is 0 Å². The maximum absolute atomic E-state index is 11.5. The van der Waals surface area contributed by atoms with Crippen molar-refractivity contribution in [3.8, 4) is 0 Å². The third-order valence-corrected chi connectivity index (χ3v) is 4.09. The number of amides is 1. The first kappa shape index (κ1) is 20.5. The summed E-state index contributed by atoms with van der Waals surface area (Å²) in [5.74, 6) is 0.0325. The summed E-state index contributed by atoms with van der Waals surface area (Å²) in [5, 5.41) is 0.801. The molecular formula is C14H22Cl3N3O. The van der Waals surface area contributed by atoms with Crippen LogP contribution >= 0.6 is 36.4 Å². The monoisotopic (exact) mass is 353 g/mol. The Bertz CT molecular complexity index is 451. The van der Waals surface area contributed by atoms with Crippen LogP contribution in [0.1, 0.15) is 18.5 Å². The van der Waals surface area contributed by atoms with Gasteiger partial charge in [0.1, 0.15) is 0 Å². The van der Waals surface area contributed by atoms with Gasteiger partial charge in [-0.1, -0.05) is 29.8 Å². The molecule has 2 rings (SSSR count). The molecule has 1 saturated heterocycles. The molecule has 1 aliphatic rings. The summed E-state index contributed by atoms with van der Waals surface area (Å²) >= 11 is 6.23. The van der Waals surface area contributed by atoms with Crippen LogP contribution in [-0.2, 0) is 4.79 Å². The van der Waals surface area contributed by atoms with Crippen molar-refractivity contribution >= 4 is 42.3 Å². The van der Waals surface area contributed by atoms with Gasteiger partial charge in [0.25, 0.3) is 0 Å². The van der Waals surface area contributed by atoms with Crippen molar-refractivity contribution in [2.24, 2.45) is 5.73 Å². The summed E-state index contributed by atoms with van der Waals surface area (Å²) in [4.78, 5) is 15.7. The Hall–Kier alpha value is -0.520. The number of nitrogens with two attached hydrogens (primary N) is 1. The van der Waals surface area contributed by atoms with E-state index in [-0.39, 0.29) is 43.3 Å². The van der Waals surface area contributed by atoms with E-state index in [0.29, 0.717) is 0 Å². The third kappa shape index (κ3) is 5.01. The first-order chi connectivity index (χ1) is 9.13. The number of rotatable bonds is 3. The molecule has 1 aromatic rings. The van der Waals surface area contributed by atoms with Crippen LogP contribution in [0.5, 0.6) is 0 Å². The number of nitrogens with zero attached hydrogens (tertiary/aromatic N) is 2. The number of carbonyl (C=O) groups is 1. The van der Waals surface area contributed by atoms with Gasteiger partial charge in [0.2, 0.25) is 5.91 Å². The fourth-order valence-corrected chi connectivity index (χ4v) is 2.79. The fourth-order valence-electron chi connectivity index (χ4n) is 2.50. The highest BCUT2D eigenvalue weighted by molar-refractivity contribution is 6.31. The van der Waals surface area contributed by atoms with Crippen molar-refractivity contribution in [2.75, 3.05) is 32.7 Å². The molecule has 1 heterocycles. The second kappa shape index (κ2) is 9.49. The lowest BCUT2D eigenvalue weighted by Gasteiger charge is -2.38. The van der Waals surface area contributed by atoms with Crippen molar-refractivity contribution in [1.29, 1.82) is 0 Å². The van der Waals surface area contributed by atoms with E-state index in [4.69, 9.17) is 17.3 Å². The topological polar surface area (TPSA) is 49.6 Å². The molecule has 0 aliphatic carbocycles. The lowest BCUT2D eigenvalue weighted by molar-refractivity contribution is -0.131. The Morgan fingerprint density at radius 2 is 1.81 bits per heavy atom. The van der Waals surface area contributed by atoms with E-state index in [1.165, 1.54) is 0 Å². The minimum Gasteiger partial charge on any atom is -0.339 e. The Morgan fingerprint density at radius 3 is 2.33 bits per heavy atom. The minimum absolute atomic E-state index is 0. The largest absolute Gasteiger partial charge is 0.339 e. The predicted octanol–water partition coefficient (Wildman–Crippen LogP) is 2.35. The average Bonchev–Trinajstić information content (AvgIpc) is 2.46. The summed E-state index contributed by atoms with van der Waals surface area (Å²) in [5.41, 5.74) is 6.53. The Kier molecular flexibility index (Phi) is 9.25. The van der Waals surface area contributed by atoms with Gasteiger partial charge in [0.05, 0.1) is 6.54 Å². The van der Waals surface area contributed by atoms with Crippen LogP contribution in [0, 0.1) is 0 Å². The number of hydrogen-bond acceptors (Lipinski definition) is 3. The van der Waals surface area contributed by atoms with E-state index in [2.05, 4.69) is 17.9 Å². The second-order valence-electron chi connectivity index (χ2n) is 4.82. The molecule has 1 atom stereocenters. The normalized spacial score (nSPS) is 16.6. The molecule has 0 saturated carbocycles. The fraction of sp³-hybridized carbons (Fsp3) is 0.500. The van der Waals surface area contributed by atoms with Crippen LogP contribution in [0.3, 0.4) is 0 Å². The SMILES string of the molecule is CC(c1ccccc1Cl)N1CCN(C(=O)CN)CC1.Cl.Cl. The van der Waals surface area contributed by atoms with Gasteiger partial charge in [-0.15, -0.1) is 24.8 Å². The Morgan fingerprint density at radius 1 is 1.24 bits per heavy atom. The zero-order valence-corrected chi connectivity index (χ0v) is 14.4. The average molecular weight is 355 g/mol. The van der Waals surface area contributed by atoms with Gasteiger partial charge in [-0.05, 0) is 18.6 Å². The first-order valence-electron chi connectivity index (χ1n) is 6.60. The molecule has 0 radical (unpaired) electrons. The maximum atomic E-state index is 11.5. The summed E-state index contributed by atoms with van der Waals surface area (Å²) in [6.07, 6.45) is 0. The highest BCUT2D eigenvalue weighted by atomic mass is 35.5. The predicted molar refractivity (Wildman–Crippen MR) is 91.6 cm³/mol. The smallest absolute Gasteiger partial charge is 0.236 e. The van der Waals surface area contributed by atoms with Gasteiger partial charge < -0.3 is 10.6 Å². The lowest BCUT2D eigenvalue weighted by Crippen LogP contribution is -2.50. The van der Waals surface area contributed by atoms with E-state index in [0.717, 1.165) is 36.8 Å². The van der Waals surface area contributed by atoms with Crippen LogP contribution in [-0.4, -0.2) is 48.4 Å². The van der Waals surface area contributed by atoms with Crippen molar-refractivity contribution in [3.05, 3.63) is 34.9 Å². The highest BCUT2D eigenvalue weighted by Crippen LogP contribution is 2.27. The summed E-state index contributed by atoms with van der Waals surface area (Å²) in [6.45, 7) is 5.45. The van der Waals surface area contributed by atoms with Gasteiger partial charge in [-0.25, -0.2) is 0 Å². The van der Waals surface area contributed by atoms with E-state index < -0.39 is 0 Å². The number of hydrogen-bond donors (Lipinski definition) is 1. The number of piperazine rings is 1. The second-order valence-corrected chi connectivity index (χ2v) is 5.23. The van der Waals surface area contributed by atoms with Crippen molar-refractivity contribution < 1.29 is 4.79 Å². The van der Waals surface area contributed by atoms with Crippen LogP contribution in [0.15, 0.2) is 24.3 Å². The van der Waals surface area contributed by atoms with Gasteiger partial charge in [-0.3, -0.25) is 9.69 Å². The molecule has 2 N–H and O–H groups in total. The summed E-state index contributed by atoms with van der Waals surface area (Å²) < 4.78 is 0. The van der Waals surface area contributed by atoms with Crippen LogP contribution < -0.4 is 5.73 Å². The molecule has 4 nitrogen and oxygen atoms in total. The molecule has 1 fully saturated rings. The zero-order valence-electron chi connectivity index (χ0n) is 12.0. The highest BCUT2D eigenvalue weighted by Gasteiger charge is 2.24.